The number of ether oxygens (including phenoxy) is 2. The Morgan fingerprint density at radius 3 is 2.23 bits per heavy atom. The van der Waals surface area contributed by atoms with Gasteiger partial charge in [0.1, 0.15) is 17.4 Å². The van der Waals surface area contributed by atoms with Crippen molar-refractivity contribution in [3.63, 3.8) is 0 Å². The number of hydrogen-bond donors (Lipinski definition) is 2. The molecule has 0 heterocycles. The van der Waals surface area contributed by atoms with Crippen LogP contribution >= 0.6 is 0 Å². The maximum atomic E-state index is 12.6. The molecule has 0 bridgehead atoms. The Hall–Kier alpha value is -3.52. The number of anilines is 2. The Kier molecular flexibility index (Phi) is 6.58. The molecule has 30 heavy (non-hydrogen) atoms. The van der Waals surface area contributed by atoms with Gasteiger partial charge in [-0.25, -0.2) is 8.42 Å². The summed E-state index contributed by atoms with van der Waals surface area (Å²) in [5.41, 5.74) is 1.49. The van der Waals surface area contributed by atoms with Crippen LogP contribution in [0.5, 0.6) is 11.5 Å². The highest BCUT2D eigenvalue weighted by molar-refractivity contribution is 7.91. The topological polar surface area (TPSA) is 93.7 Å². The molecular formula is C22H22N2O5S. The number of benzene rings is 3. The van der Waals surface area contributed by atoms with Crippen molar-refractivity contribution in [1.82, 2.24) is 0 Å². The summed E-state index contributed by atoms with van der Waals surface area (Å²) in [6.07, 6.45) is 0. The van der Waals surface area contributed by atoms with Crippen molar-refractivity contribution >= 4 is 27.1 Å². The lowest BCUT2D eigenvalue weighted by Gasteiger charge is -2.12. The van der Waals surface area contributed by atoms with Crippen LogP contribution in [0.3, 0.4) is 0 Å². The molecule has 3 aromatic rings. The first kappa shape index (κ1) is 21.2. The van der Waals surface area contributed by atoms with Gasteiger partial charge in [0, 0.05) is 17.3 Å². The predicted octanol–water partition coefficient (Wildman–Crippen LogP) is 3.80. The van der Waals surface area contributed by atoms with Gasteiger partial charge in [0.05, 0.1) is 24.8 Å². The van der Waals surface area contributed by atoms with E-state index in [2.05, 4.69) is 10.6 Å². The summed E-state index contributed by atoms with van der Waals surface area (Å²) in [5.74, 6) is 0.521. The molecular weight excluding hydrogens is 404 g/mol. The van der Waals surface area contributed by atoms with Crippen molar-refractivity contribution in [2.24, 2.45) is 0 Å². The van der Waals surface area contributed by atoms with Gasteiger partial charge < -0.3 is 20.1 Å². The van der Waals surface area contributed by atoms with E-state index in [1.165, 1.54) is 14.2 Å². The zero-order valence-corrected chi connectivity index (χ0v) is 17.4. The number of carbonyl (C=O) groups excluding carboxylic acids is 1. The summed E-state index contributed by atoms with van der Waals surface area (Å²) >= 11 is 0. The Bertz CT molecular complexity index is 1110. The molecule has 0 aliphatic carbocycles. The van der Waals surface area contributed by atoms with Gasteiger partial charge in [0.15, 0.2) is 9.84 Å². The molecule has 8 heteroatoms. The van der Waals surface area contributed by atoms with Gasteiger partial charge in [-0.2, -0.15) is 0 Å². The quantitative estimate of drug-likeness (QED) is 0.569. The van der Waals surface area contributed by atoms with Gasteiger partial charge in [0.2, 0.25) is 0 Å². The van der Waals surface area contributed by atoms with Crippen molar-refractivity contribution in [3.05, 3.63) is 78.4 Å². The highest BCUT2D eigenvalue weighted by atomic mass is 32.2. The molecule has 0 atom stereocenters. The smallest absolute Gasteiger partial charge is 0.255 e. The van der Waals surface area contributed by atoms with Crippen molar-refractivity contribution in [2.45, 2.75) is 4.90 Å². The molecule has 3 aromatic carbocycles. The Labute approximate surface area is 175 Å². The maximum Gasteiger partial charge on any atom is 0.255 e. The van der Waals surface area contributed by atoms with Crippen LogP contribution < -0.4 is 20.1 Å². The molecule has 156 valence electrons. The summed E-state index contributed by atoms with van der Waals surface area (Å²) < 4.78 is 35.1. The summed E-state index contributed by atoms with van der Waals surface area (Å²) in [7, 11) is -0.402. The third kappa shape index (κ3) is 5.09. The van der Waals surface area contributed by atoms with E-state index in [0.717, 1.165) is 0 Å². The number of methoxy groups -OCH3 is 2. The maximum absolute atomic E-state index is 12.6. The molecule has 0 aromatic heterocycles. The Balaban J connectivity index is 1.66. The van der Waals surface area contributed by atoms with Crippen molar-refractivity contribution in [2.75, 3.05) is 30.7 Å². The van der Waals surface area contributed by atoms with Crippen molar-refractivity contribution in [1.29, 1.82) is 0 Å². The van der Waals surface area contributed by atoms with Crippen LogP contribution in [0.25, 0.3) is 0 Å². The summed E-state index contributed by atoms with van der Waals surface area (Å²) in [5, 5.41) is 5.67. The largest absolute Gasteiger partial charge is 0.497 e. The minimum atomic E-state index is -3.46. The molecule has 0 radical (unpaired) electrons. The lowest BCUT2D eigenvalue weighted by molar-refractivity contribution is 0.102. The lowest BCUT2D eigenvalue weighted by Crippen LogP contribution is -2.15. The minimum absolute atomic E-state index is 0.246. The first-order valence-electron chi connectivity index (χ1n) is 9.08. The average Bonchev–Trinajstić information content (AvgIpc) is 2.78. The van der Waals surface area contributed by atoms with Crippen LogP contribution in [-0.2, 0) is 9.84 Å². The number of carbonyl (C=O) groups is 1. The Morgan fingerprint density at radius 1 is 0.900 bits per heavy atom. The second-order valence-corrected chi connectivity index (χ2v) is 8.34. The SMILES string of the molecule is COc1ccc(OC)c(NC(=O)c2ccc(NCS(=O)(=O)c3ccccc3)cc2)c1. The number of hydrogen-bond acceptors (Lipinski definition) is 6. The second kappa shape index (κ2) is 9.32. The zero-order valence-electron chi connectivity index (χ0n) is 16.6. The second-order valence-electron chi connectivity index (χ2n) is 6.35. The monoisotopic (exact) mass is 426 g/mol. The lowest BCUT2D eigenvalue weighted by atomic mass is 10.2. The fourth-order valence-corrected chi connectivity index (χ4v) is 3.83. The van der Waals surface area contributed by atoms with Gasteiger partial charge in [-0.1, -0.05) is 18.2 Å². The fraction of sp³-hybridized carbons (Fsp3) is 0.136. The molecule has 0 unspecified atom stereocenters. The van der Waals surface area contributed by atoms with Crippen LogP contribution in [0.1, 0.15) is 10.4 Å². The summed E-state index contributed by atoms with van der Waals surface area (Å²) in [6.45, 7) is 0. The van der Waals surface area contributed by atoms with Crippen molar-refractivity contribution in [3.8, 4) is 11.5 Å². The molecule has 0 saturated heterocycles. The summed E-state index contributed by atoms with van der Waals surface area (Å²) in [6, 6.07) is 19.9. The van der Waals surface area contributed by atoms with E-state index in [-0.39, 0.29) is 16.7 Å². The molecule has 7 nitrogen and oxygen atoms in total. The van der Waals surface area contributed by atoms with Gasteiger partial charge in [-0.3, -0.25) is 4.79 Å². The predicted molar refractivity (Wildman–Crippen MR) is 116 cm³/mol. The molecule has 0 aliphatic rings. The van der Waals surface area contributed by atoms with E-state index in [9.17, 15) is 13.2 Å². The van der Waals surface area contributed by atoms with Crippen molar-refractivity contribution < 1.29 is 22.7 Å². The van der Waals surface area contributed by atoms with Crippen LogP contribution in [-0.4, -0.2) is 34.4 Å². The van der Waals surface area contributed by atoms with E-state index in [0.29, 0.717) is 28.4 Å². The summed E-state index contributed by atoms with van der Waals surface area (Å²) in [4.78, 5) is 12.8. The van der Waals surface area contributed by atoms with Gasteiger partial charge in [0.25, 0.3) is 5.91 Å². The number of nitrogens with one attached hydrogen (secondary N) is 2. The molecule has 1 amide bonds. The molecule has 2 N–H and O–H groups in total. The zero-order chi connectivity index (χ0) is 21.6. The van der Waals surface area contributed by atoms with E-state index in [4.69, 9.17) is 9.47 Å². The highest BCUT2D eigenvalue weighted by Gasteiger charge is 2.14. The van der Waals surface area contributed by atoms with E-state index in [1.807, 2.05) is 0 Å². The Morgan fingerprint density at radius 2 is 1.60 bits per heavy atom. The van der Waals surface area contributed by atoms with Gasteiger partial charge >= 0.3 is 0 Å². The first-order valence-corrected chi connectivity index (χ1v) is 10.7. The van der Waals surface area contributed by atoms with Crippen LogP contribution in [0, 0.1) is 0 Å². The first-order chi connectivity index (χ1) is 14.4. The third-order valence-corrected chi connectivity index (χ3v) is 5.89. The van der Waals surface area contributed by atoms with Gasteiger partial charge in [-0.15, -0.1) is 0 Å². The van der Waals surface area contributed by atoms with E-state index >= 15 is 0 Å². The molecule has 0 fully saturated rings. The normalized spacial score (nSPS) is 10.9. The van der Waals surface area contributed by atoms with Crippen LogP contribution in [0.4, 0.5) is 11.4 Å². The minimum Gasteiger partial charge on any atom is -0.497 e. The number of amides is 1. The van der Waals surface area contributed by atoms with Crippen LogP contribution in [0.2, 0.25) is 0 Å². The molecule has 0 aliphatic heterocycles. The van der Waals surface area contributed by atoms with Gasteiger partial charge in [-0.05, 0) is 48.5 Å². The van der Waals surface area contributed by atoms with E-state index < -0.39 is 9.84 Å². The van der Waals surface area contributed by atoms with E-state index in [1.54, 1.807) is 72.8 Å². The van der Waals surface area contributed by atoms with Crippen LogP contribution in [0.15, 0.2) is 77.7 Å². The third-order valence-electron chi connectivity index (χ3n) is 4.37. The molecule has 3 rings (SSSR count). The fourth-order valence-electron chi connectivity index (χ4n) is 2.74. The standard InChI is InChI=1S/C22H22N2O5S/c1-28-18-12-13-21(29-2)20(14-18)24-22(25)16-8-10-17(11-9-16)23-15-30(26,27)19-6-4-3-5-7-19/h3-14,23H,15H2,1-2H3,(H,24,25). The number of rotatable bonds is 8. The highest BCUT2D eigenvalue weighted by Crippen LogP contribution is 2.29. The number of sulfone groups is 1. The average molecular weight is 426 g/mol. The molecule has 0 saturated carbocycles. The molecule has 0 spiro atoms.